The highest BCUT2D eigenvalue weighted by Crippen LogP contribution is 2.19. The fourth-order valence-corrected chi connectivity index (χ4v) is 3.12. The van der Waals surface area contributed by atoms with Crippen LogP contribution in [0.3, 0.4) is 0 Å². The molecule has 0 aliphatic carbocycles. The summed E-state index contributed by atoms with van der Waals surface area (Å²) in [6.07, 6.45) is 1.68. The lowest BCUT2D eigenvalue weighted by Gasteiger charge is -2.09. The van der Waals surface area contributed by atoms with Crippen LogP contribution in [0.15, 0.2) is 72.9 Å². The van der Waals surface area contributed by atoms with Gasteiger partial charge < -0.3 is 5.32 Å². The first-order chi connectivity index (χ1) is 14.1. The van der Waals surface area contributed by atoms with Crippen molar-refractivity contribution in [2.24, 2.45) is 0 Å². The van der Waals surface area contributed by atoms with Crippen LogP contribution >= 0.6 is 0 Å². The molecule has 0 radical (unpaired) electrons. The van der Waals surface area contributed by atoms with Gasteiger partial charge in [0.1, 0.15) is 5.69 Å². The molecule has 0 saturated heterocycles. The molecule has 0 unspecified atom stereocenters. The smallest absolute Gasteiger partial charge is 0.281 e. The lowest BCUT2D eigenvalue weighted by atomic mass is 10.1. The minimum absolute atomic E-state index is 0.229. The van der Waals surface area contributed by atoms with Crippen molar-refractivity contribution < 1.29 is 4.79 Å². The molecule has 1 N–H and O–H groups in total. The number of aryl methyl sites for hydroxylation is 2. The van der Waals surface area contributed by atoms with E-state index in [1.54, 1.807) is 6.20 Å². The molecular weight excluding hydrogens is 362 g/mol. The zero-order valence-electron chi connectivity index (χ0n) is 16.3. The van der Waals surface area contributed by atoms with Crippen LogP contribution < -0.4 is 5.32 Å². The van der Waals surface area contributed by atoms with Gasteiger partial charge in [-0.2, -0.15) is 9.67 Å². The highest BCUT2D eigenvalue weighted by atomic mass is 16.2. The zero-order chi connectivity index (χ0) is 20.2. The van der Waals surface area contributed by atoms with E-state index in [1.807, 2.05) is 80.6 Å². The summed E-state index contributed by atoms with van der Waals surface area (Å²) in [6, 6.07) is 21.2. The lowest BCUT2D eigenvalue weighted by Crippen LogP contribution is -2.18. The number of pyridine rings is 1. The van der Waals surface area contributed by atoms with Crippen LogP contribution in [0.2, 0.25) is 0 Å². The highest BCUT2D eigenvalue weighted by Gasteiger charge is 2.20. The Morgan fingerprint density at radius 3 is 2.52 bits per heavy atom. The lowest BCUT2D eigenvalue weighted by molar-refractivity contribution is 0.0947. The van der Waals surface area contributed by atoms with Gasteiger partial charge in [0.15, 0.2) is 0 Å². The average Bonchev–Trinajstić information content (AvgIpc) is 3.17. The molecule has 4 aromatic rings. The number of anilines is 1. The van der Waals surface area contributed by atoms with E-state index < -0.39 is 0 Å². The molecule has 2 aromatic carbocycles. The Kier molecular flexibility index (Phi) is 5.16. The Labute approximate surface area is 169 Å². The minimum atomic E-state index is -0.229. The largest absolute Gasteiger partial charge is 0.350 e. The van der Waals surface area contributed by atoms with Crippen LogP contribution in [-0.4, -0.2) is 25.7 Å². The second kappa shape index (κ2) is 8.06. The highest BCUT2D eigenvalue weighted by molar-refractivity contribution is 5.98. The van der Waals surface area contributed by atoms with Crippen molar-refractivity contribution in [2.75, 3.05) is 5.32 Å². The maximum atomic E-state index is 13.3. The molecule has 0 amide bonds. The molecule has 6 heteroatoms. The fraction of sp³-hybridized carbons (Fsp3) is 0.130. The predicted octanol–water partition coefficient (Wildman–Crippen LogP) is 4.26. The topological polar surface area (TPSA) is 72.7 Å². The maximum Gasteiger partial charge on any atom is 0.281 e. The average molecular weight is 383 g/mol. The van der Waals surface area contributed by atoms with E-state index >= 15 is 0 Å². The third kappa shape index (κ3) is 4.06. The molecule has 0 saturated carbocycles. The fourth-order valence-electron chi connectivity index (χ4n) is 3.12. The van der Waals surface area contributed by atoms with Crippen molar-refractivity contribution in [3.63, 3.8) is 0 Å². The Morgan fingerprint density at radius 1 is 1.00 bits per heavy atom. The number of nitrogens with one attached hydrogen (secondary N) is 1. The SMILES string of the molecule is Cc1ccc(C(=O)n2nc(-c3ccccn3)nc2NCc2ccccc2)c(C)c1. The van der Waals surface area contributed by atoms with Crippen molar-refractivity contribution >= 4 is 11.9 Å². The van der Waals surface area contributed by atoms with Gasteiger partial charge >= 0.3 is 0 Å². The first kappa shape index (κ1) is 18.6. The Balaban J connectivity index is 1.72. The molecule has 0 aliphatic rings. The molecular formula is C23H21N5O. The van der Waals surface area contributed by atoms with Gasteiger partial charge in [-0.25, -0.2) is 0 Å². The van der Waals surface area contributed by atoms with Crippen molar-refractivity contribution in [1.29, 1.82) is 0 Å². The standard InChI is InChI=1S/C23H21N5O/c1-16-11-12-19(17(2)14-16)22(29)28-23(25-15-18-8-4-3-5-9-18)26-21(27-28)20-10-6-7-13-24-20/h3-14H,15H2,1-2H3,(H,25,26,27). The van der Waals surface area contributed by atoms with Gasteiger partial charge in [0.2, 0.25) is 11.8 Å². The van der Waals surface area contributed by atoms with Crippen molar-refractivity contribution in [3.8, 4) is 11.5 Å². The molecule has 0 spiro atoms. The third-order valence-corrected chi connectivity index (χ3v) is 4.60. The first-order valence-electron chi connectivity index (χ1n) is 9.40. The van der Waals surface area contributed by atoms with Gasteiger partial charge in [0.25, 0.3) is 5.91 Å². The Bertz CT molecular complexity index is 1140. The molecule has 6 nitrogen and oxygen atoms in total. The van der Waals surface area contributed by atoms with E-state index in [4.69, 9.17) is 0 Å². The van der Waals surface area contributed by atoms with Crippen molar-refractivity contribution in [1.82, 2.24) is 19.7 Å². The zero-order valence-corrected chi connectivity index (χ0v) is 16.3. The number of benzene rings is 2. The number of carbonyl (C=O) groups excluding carboxylic acids is 1. The van der Waals surface area contributed by atoms with Crippen LogP contribution in [0, 0.1) is 13.8 Å². The molecule has 2 aromatic heterocycles. The van der Waals surface area contributed by atoms with Crippen molar-refractivity contribution in [3.05, 3.63) is 95.2 Å². The van der Waals surface area contributed by atoms with Gasteiger partial charge in [-0.3, -0.25) is 9.78 Å². The summed E-state index contributed by atoms with van der Waals surface area (Å²) in [5.41, 5.74) is 4.30. The molecule has 0 atom stereocenters. The normalized spacial score (nSPS) is 10.7. The first-order valence-corrected chi connectivity index (χ1v) is 9.40. The van der Waals surface area contributed by atoms with Crippen molar-refractivity contribution in [2.45, 2.75) is 20.4 Å². The van der Waals surface area contributed by atoms with Crippen LogP contribution in [-0.2, 0) is 6.54 Å². The predicted molar refractivity (Wildman–Crippen MR) is 113 cm³/mol. The van der Waals surface area contributed by atoms with Crippen LogP contribution in [0.1, 0.15) is 27.0 Å². The molecule has 0 aliphatic heterocycles. The van der Waals surface area contributed by atoms with Gasteiger partial charge in [0, 0.05) is 18.3 Å². The Hall–Kier alpha value is -3.80. The summed E-state index contributed by atoms with van der Waals surface area (Å²) in [5.74, 6) is 0.562. The van der Waals surface area contributed by atoms with Crippen LogP contribution in [0.25, 0.3) is 11.5 Å². The second-order valence-corrected chi connectivity index (χ2v) is 6.85. The van der Waals surface area contributed by atoms with Gasteiger partial charge in [0.05, 0.1) is 0 Å². The van der Waals surface area contributed by atoms with E-state index in [1.165, 1.54) is 4.68 Å². The molecule has 29 heavy (non-hydrogen) atoms. The summed E-state index contributed by atoms with van der Waals surface area (Å²) < 4.78 is 1.32. The monoisotopic (exact) mass is 383 g/mol. The maximum absolute atomic E-state index is 13.3. The second-order valence-electron chi connectivity index (χ2n) is 6.85. The Morgan fingerprint density at radius 2 is 1.79 bits per heavy atom. The number of rotatable bonds is 5. The molecule has 144 valence electrons. The van der Waals surface area contributed by atoms with E-state index in [-0.39, 0.29) is 5.91 Å². The number of hydrogen-bond acceptors (Lipinski definition) is 5. The number of carbonyl (C=O) groups is 1. The summed E-state index contributed by atoms with van der Waals surface area (Å²) in [4.78, 5) is 22.1. The third-order valence-electron chi connectivity index (χ3n) is 4.60. The van der Waals surface area contributed by atoms with E-state index in [0.717, 1.165) is 16.7 Å². The summed E-state index contributed by atoms with van der Waals surface area (Å²) in [6.45, 7) is 4.46. The van der Waals surface area contributed by atoms with Gasteiger partial charge in [-0.1, -0.05) is 54.1 Å². The number of nitrogens with zero attached hydrogens (tertiary/aromatic N) is 4. The van der Waals surface area contributed by atoms with E-state index in [0.29, 0.717) is 29.6 Å². The van der Waals surface area contributed by atoms with Crippen LogP contribution in [0.4, 0.5) is 5.95 Å². The summed E-state index contributed by atoms with van der Waals surface area (Å²) in [7, 11) is 0. The van der Waals surface area contributed by atoms with Gasteiger partial charge in [-0.15, -0.1) is 5.10 Å². The van der Waals surface area contributed by atoms with E-state index in [9.17, 15) is 4.79 Å². The number of hydrogen-bond donors (Lipinski definition) is 1. The minimum Gasteiger partial charge on any atom is -0.350 e. The molecule has 0 bridgehead atoms. The van der Waals surface area contributed by atoms with E-state index in [2.05, 4.69) is 20.4 Å². The molecule has 2 heterocycles. The summed E-state index contributed by atoms with van der Waals surface area (Å²) in [5, 5.41) is 7.71. The molecule has 0 fully saturated rings. The quantitative estimate of drug-likeness (QED) is 0.557. The van der Waals surface area contributed by atoms with Crippen LogP contribution in [0.5, 0.6) is 0 Å². The number of aromatic nitrogens is 4. The van der Waals surface area contributed by atoms with Gasteiger partial charge in [-0.05, 0) is 43.2 Å². The summed E-state index contributed by atoms with van der Waals surface area (Å²) >= 11 is 0. The molecule has 4 rings (SSSR count).